The predicted molar refractivity (Wildman–Crippen MR) is 221 cm³/mol. The summed E-state index contributed by atoms with van der Waals surface area (Å²) in [4.78, 5) is 83.6. The van der Waals surface area contributed by atoms with Gasteiger partial charge >= 0.3 is 0 Å². The van der Waals surface area contributed by atoms with E-state index in [4.69, 9.17) is 4.74 Å². The molecule has 312 valence electrons. The Kier molecular flexibility index (Phi) is 9.76. The van der Waals surface area contributed by atoms with Gasteiger partial charge in [-0.05, 0) is 94.2 Å². The molecule has 0 bridgehead atoms. The van der Waals surface area contributed by atoms with Gasteiger partial charge in [-0.3, -0.25) is 44.2 Å². The standard InChI is InChI=1S/C44H50N10O6/c1-44(12-13-44)60-30-3-5-34-33(23-30)39(49-48-34)35-24-37(46-26-45-35)52-16-10-28(11-17-52)41(57)53-14-8-27(9-15-53)25-50-18-20-51(21-19-50)29-2-4-31-32(22-29)43(59)54(42(31)58)36-6-7-38(55)47-40(36)56/h2-5,22-24,26-28,36H,6-21,25H2,1H3,(H,48,49)(H,47,55,56). The summed E-state index contributed by atoms with van der Waals surface area (Å²) in [6.45, 7) is 9.57. The van der Waals surface area contributed by atoms with Crippen LogP contribution >= 0.6 is 0 Å². The molecule has 1 saturated carbocycles. The lowest BCUT2D eigenvalue weighted by molar-refractivity contribution is -0.138. The molecule has 4 aromatic rings. The highest BCUT2D eigenvalue weighted by atomic mass is 16.5. The highest BCUT2D eigenvalue weighted by Gasteiger charge is 2.45. The molecule has 7 heterocycles. The Bertz CT molecular complexity index is 2370. The highest BCUT2D eigenvalue weighted by Crippen LogP contribution is 2.41. The molecule has 2 N–H and O–H groups in total. The molecule has 0 radical (unpaired) electrons. The number of imide groups is 2. The lowest BCUT2D eigenvalue weighted by atomic mass is 9.91. The number of nitrogens with one attached hydrogen (secondary N) is 2. The average molecular weight is 815 g/mol. The molecule has 1 aliphatic carbocycles. The number of ether oxygens (including phenoxy) is 1. The molecular weight excluding hydrogens is 765 g/mol. The maximum atomic E-state index is 13.7. The van der Waals surface area contributed by atoms with Crippen LogP contribution in [0.25, 0.3) is 22.3 Å². The number of aromatic amines is 1. The fraction of sp³-hybridized carbons (Fsp3) is 0.500. The molecule has 1 unspecified atom stereocenters. The third-order valence-corrected chi connectivity index (χ3v) is 13.5. The van der Waals surface area contributed by atoms with Crippen LogP contribution in [0.3, 0.4) is 0 Å². The molecule has 1 atom stereocenters. The van der Waals surface area contributed by atoms with Gasteiger partial charge in [0.1, 0.15) is 35.2 Å². The maximum absolute atomic E-state index is 13.7. The van der Waals surface area contributed by atoms with Crippen LogP contribution in [-0.4, -0.2) is 135 Å². The molecule has 2 aromatic heterocycles. The van der Waals surface area contributed by atoms with Gasteiger partial charge in [0.15, 0.2) is 0 Å². The Morgan fingerprint density at radius 3 is 2.33 bits per heavy atom. The van der Waals surface area contributed by atoms with Gasteiger partial charge in [-0.15, -0.1) is 0 Å². The first kappa shape index (κ1) is 38.3. The van der Waals surface area contributed by atoms with Crippen molar-refractivity contribution in [2.45, 2.75) is 69.9 Å². The van der Waals surface area contributed by atoms with Crippen LogP contribution in [0.2, 0.25) is 0 Å². The van der Waals surface area contributed by atoms with Gasteiger partial charge in [-0.2, -0.15) is 5.10 Å². The molecule has 4 saturated heterocycles. The minimum absolute atomic E-state index is 0.0161. The van der Waals surface area contributed by atoms with E-state index in [1.165, 1.54) is 0 Å². The summed E-state index contributed by atoms with van der Waals surface area (Å²) in [6.07, 6.45) is 7.53. The fourth-order valence-electron chi connectivity index (χ4n) is 9.62. The summed E-state index contributed by atoms with van der Waals surface area (Å²) in [5.74, 6) is 0.535. The fourth-order valence-corrected chi connectivity index (χ4v) is 9.62. The summed E-state index contributed by atoms with van der Waals surface area (Å²) < 4.78 is 6.21. The molecule has 5 amide bonds. The number of anilines is 2. The Morgan fingerprint density at radius 1 is 0.817 bits per heavy atom. The van der Waals surface area contributed by atoms with Crippen LogP contribution in [0.1, 0.15) is 79.0 Å². The third kappa shape index (κ3) is 7.34. The topological polar surface area (TPSA) is 177 Å². The molecule has 2 aromatic carbocycles. The molecule has 5 fully saturated rings. The van der Waals surface area contributed by atoms with Crippen molar-refractivity contribution in [3.63, 3.8) is 0 Å². The average Bonchev–Trinajstić information content (AvgIpc) is 3.75. The zero-order valence-electron chi connectivity index (χ0n) is 33.9. The van der Waals surface area contributed by atoms with Gasteiger partial charge in [-0.1, -0.05) is 0 Å². The van der Waals surface area contributed by atoms with Crippen molar-refractivity contribution in [1.82, 2.24) is 40.2 Å². The normalized spacial score (nSPS) is 22.7. The van der Waals surface area contributed by atoms with Gasteiger partial charge in [0.25, 0.3) is 11.8 Å². The Hall–Kier alpha value is -5.90. The quantitative estimate of drug-likeness (QED) is 0.235. The molecule has 16 nitrogen and oxygen atoms in total. The second kappa shape index (κ2) is 15.3. The van der Waals surface area contributed by atoms with Gasteiger partial charge < -0.3 is 19.4 Å². The molecule has 5 aliphatic heterocycles. The van der Waals surface area contributed by atoms with Crippen molar-refractivity contribution < 1.29 is 28.7 Å². The number of amides is 5. The van der Waals surface area contributed by atoms with Crippen molar-refractivity contribution in [2.75, 3.05) is 68.7 Å². The summed E-state index contributed by atoms with van der Waals surface area (Å²) in [5, 5.41) is 10.9. The number of nitrogens with zero attached hydrogens (tertiary/aromatic N) is 8. The minimum atomic E-state index is -0.974. The Morgan fingerprint density at radius 2 is 1.58 bits per heavy atom. The van der Waals surface area contributed by atoms with E-state index in [0.29, 0.717) is 17.0 Å². The number of fused-ring (bicyclic) bond motifs is 2. The number of carbonyl (C=O) groups excluding carboxylic acids is 5. The van der Waals surface area contributed by atoms with Crippen LogP contribution in [0.15, 0.2) is 48.8 Å². The van der Waals surface area contributed by atoms with Crippen molar-refractivity contribution in [2.24, 2.45) is 11.8 Å². The van der Waals surface area contributed by atoms with E-state index >= 15 is 0 Å². The van der Waals surface area contributed by atoms with E-state index in [-0.39, 0.29) is 30.3 Å². The number of carbonyl (C=O) groups is 5. The number of likely N-dealkylation sites (tertiary alicyclic amines) is 1. The second-order valence-corrected chi connectivity index (χ2v) is 17.6. The largest absolute Gasteiger partial charge is 0.488 e. The molecule has 16 heteroatoms. The Balaban J connectivity index is 0.679. The van der Waals surface area contributed by atoms with Crippen molar-refractivity contribution in [1.29, 1.82) is 0 Å². The number of aromatic nitrogens is 4. The van der Waals surface area contributed by atoms with E-state index in [9.17, 15) is 24.0 Å². The van der Waals surface area contributed by atoms with E-state index < -0.39 is 29.7 Å². The number of hydrogen-bond acceptors (Lipinski definition) is 12. The number of piperidine rings is 3. The summed E-state index contributed by atoms with van der Waals surface area (Å²) in [5.41, 5.74) is 3.86. The zero-order chi connectivity index (χ0) is 41.1. The molecule has 6 aliphatic rings. The number of H-pyrrole nitrogens is 1. The van der Waals surface area contributed by atoms with Crippen LogP contribution < -0.4 is 19.9 Å². The predicted octanol–water partition coefficient (Wildman–Crippen LogP) is 3.63. The summed E-state index contributed by atoms with van der Waals surface area (Å²) >= 11 is 0. The third-order valence-electron chi connectivity index (χ3n) is 13.5. The lowest BCUT2D eigenvalue weighted by Gasteiger charge is -2.40. The van der Waals surface area contributed by atoms with Gasteiger partial charge in [-0.25, -0.2) is 9.97 Å². The second-order valence-electron chi connectivity index (χ2n) is 17.6. The number of benzene rings is 2. The van der Waals surface area contributed by atoms with Gasteiger partial charge in [0.05, 0.1) is 22.3 Å². The first-order valence-corrected chi connectivity index (χ1v) is 21.5. The van der Waals surface area contributed by atoms with E-state index in [2.05, 4.69) is 52.0 Å². The first-order chi connectivity index (χ1) is 29.1. The Labute approximate surface area is 347 Å². The van der Waals surface area contributed by atoms with Gasteiger partial charge in [0.2, 0.25) is 17.7 Å². The highest BCUT2D eigenvalue weighted by molar-refractivity contribution is 6.23. The van der Waals surface area contributed by atoms with E-state index in [1.54, 1.807) is 18.5 Å². The maximum Gasteiger partial charge on any atom is 0.262 e. The molecule has 10 rings (SSSR count). The molecule has 60 heavy (non-hydrogen) atoms. The monoisotopic (exact) mass is 814 g/mol. The van der Waals surface area contributed by atoms with E-state index in [1.807, 2.05) is 30.3 Å². The number of piperazine rings is 1. The molecular formula is C44H50N10O6. The SMILES string of the molecule is CC1(Oc2ccc3[nH]nc(-c4cc(N5CCC(C(=O)N6CCC(CN7CCN(c8ccc9c(c8)C(=O)N(C8CCC(=O)NC8=O)C9=O)CC7)CC6)CC5)ncn4)c3c2)CC1. The van der Waals surface area contributed by atoms with Crippen molar-refractivity contribution in [3.05, 3.63) is 59.9 Å². The van der Waals surface area contributed by atoms with Gasteiger partial charge in [0, 0.05) is 88.4 Å². The van der Waals surface area contributed by atoms with Crippen LogP contribution in [0.4, 0.5) is 11.5 Å². The van der Waals surface area contributed by atoms with Crippen LogP contribution in [-0.2, 0) is 14.4 Å². The van der Waals surface area contributed by atoms with Crippen molar-refractivity contribution >= 4 is 51.9 Å². The minimum Gasteiger partial charge on any atom is -0.488 e. The number of hydrogen-bond donors (Lipinski definition) is 2. The van der Waals surface area contributed by atoms with Crippen LogP contribution in [0, 0.1) is 11.8 Å². The summed E-state index contributed by atoms with van der Waals surface area (Å²) in [7, 11) is 0. The van der Waals surface area contributed by atoms with Crippen molar-refractivity contribution in [3.8, 4) is 17.1 Å². The number of rotatable bonds is 9. The summed E-state index contributed by atoms with van der Waals surface area (Å²) in [6, 6.07) is 12.4. The zero-order valence-corrected chi connectivity index (χ0v) is 33.9. The first-order valence-electron chi connectivity index (χ1n) is 21.5. The smallest absolute Gasteiger partial charge is 0.262 e. The van der Waals surface area contributed by atoms with Crippen LogP contribution in [0.5, 0.6) is 5.75 Å². The molecule has 0 spiro atoms. The lowest BCUT2D eigenvalue weighted by Crippen LogP contribution is -2.54. The van der Waals surface area contributed by atoms with E-state index in [0.717, 1.165) is 142 Å².